The van der Waals surface area contributed by atoms with Gasteiger partial charge in [0.05, 0.1) is 0 Å². The summed E-state index contributed by atoms with van der Waals surface area (Å²) in [6.07, 6.45) is 4.39. The lowest BCUT2D eigenvalue weighted by molar-refractivity contribution is -0.125. The Morgan fingerprint density at radius 2 is 1.88 bits per heavy atom. The van der Waals surface area contributed by atoms with Crippen molar-refractivity contribution < 1.29 is 4.79 Å². The summed E-state index contributed by atoms with van der Waals surface area (Å²) in [6.45, 7) is 13.0. The lowest BCUT2D eigenvalue weighted by atomic mass is 9.70. The van der Waals surface area contributed by atoms with Crippen molar-refractivity contribution in [3.05, 3.63) is 11.8 Å². The highest BCUT2D eigenvalue weighted by atomic mass is 16.1. The maximum atomic E-state index is 12.6. The summed E-state index contributed by atoms with van der Waals surface area (Å²) in [5.41, 5.74) is 1.12. The van der Waals surface area contributed by atoms with Crippen LogP contribution >= 0.6 is 0 Å². The average Bonchev–Trinajstić information content (AvgIpc) is 2.59. The van der Waals surface area contributed by atoms with Crippen LogP contribution in [-0.2, 0) is 4.79 Å². The molecule has 2 nitrogen and oxygen atoms in total. The third-order valence-corrected chi connectivity index (χ3v) is 5.50. The van der Waals surface area contributed by atoms with E-state index in [1.54, 1.807) is 0 Å². The van der Waals surface area contributed by atoms with Crippen LogP contribution in [0.2, 0.25) is 0 Å². The van der Waals surface area contributed by atoms with Crippen LogP contribution in [0.25, 0.3) is 0 Å². The number of rotatable bonds is 3. The zero-order chi connectivity index (χ0) is 12.8. The van der Waals surface area contributed by atoms with E-state index in [1.807, 2.05) is 0 Å². The molecule has 2 aliphatic rings. The first-order valence-electron chi connectivity index (χ1n) is 6.89. The number of carbonyl (C=O) groups is 1. The minimum Gasteiger partial charge on any atom is -0.378 e. The number of fused-ring (bicyclic) bond motifs is 2. The van der Waals surface area contributed by atoms with Crippen molar-refractivity contribution in [3.63, 3.8) is 0 Å². The average molecular weight is 235 g/mol. The number of Topliss-reactive ketones (excluding diaryl/α,β-unsaturated/α-hetero) is 1. The van der Waals surface area contributed by atoms with Gasteiger partial charge < -0.3 is 4.90 Å². The van der Waals surface area contributed by atoms with Crippen molar-refractivity contribution in [2.45, 2.75) is 47.5 Å². The zero-order valence-corrected chi connectivity index (χ0v) is 11.8. The summed E-state index contributed by atoms with van der Waals surface area (Å²) < 4.78 is 0. The second kappa shape index (κ2) is 3.86. The van der Waals surface area contributed by atoms with Crippen molar-refractivity contribution in [2.24, 2.45) is 16.7 Å². The minimum absolute atomic E-state index is 0.114. The number of carbonyl (C=O) groups excluding carboxylic acids is 1. The predicted octanol–water partition coefficient (Wildman–Crippen LogP) is 3.24. The molecule has 17 heavy (non-hydrogen) atoms. The molecule has 2 fully saturated rings. The van der Waals surface area contributed by atoms with E-state index in [1.165, 1.54) is 6.42 Å². The summed E-state index contributed by atoms with van der Waals surface area (Å²) in [5.74, 6) is 0.881. The normalized spacial score (nSPS) is 36.9. The van der Waals surface area contributed by atoms with E-state index in [4.69, 9.17) is 0 Å². The Hall–Kier alpha value is -0.790. The molecule has 2 heteroatoms. The van der Waals surface area contributed by atoms with Gasteiger partial charge in [-0.2, -0.15) is 0 Å². The third kappa shape index (κ3) is 1.49. The van der Waals surface area contributed by atoms with Gasteiger partial charge >= 0.3 is 0 Å². The SMILES string of the molecule is CCN(C=C1C(=O)C2(C)CCC1C2(C)C)CC. The molecule has 0 aliphatic heterocycles. The minimum atomic E-state index is -0.114. The molecule has 2 bridgehead atoms. The quantitative estimate of drug-likeness (QED) is 0.700. The largest absolute Gasteiger partial charge is 0.378 e. The van der Waals surface area contributed by atoms with Gasteiger partial charge in [-0.3, -0.25) is 4.79 Å². The highest BCUT2D eigenvalue weighted by Crippen LogP contribution is 2.65. The molecule has 96 valence electrons. The van der Waals surface area contributed by atoms with E-state index in [-0.39, 0.29) is 10.8 Å². The van der Waals surface area contributed by atoms with Crippen LogP contribution in [0.15, 0.2) is 11.8 Å². The molecule has 2 aliphatic carbocycles. The van der Waals surface area contributed by atoms with Gasteiger partial charge in [-0.15, -0.1) is 0 Å². The highest BCUT2D eigenvalue weighted by Gasteiger charge is 2.64. The lowest BCUT2D eigenvalue weighted by Crippen LogP contribution is -2.32. The monoisotopic (exact) mass is 235 g/mol. The molecule has 2 rings (SSSR count). The Balaban J connectivity index is 2.38. The highest BCUT2D eigenvalue weighted by molar-refractivity contribution is 6.04. The smallest absolute Gasteiger partial charge is 0.167 e. The van der Waals surface area contributed by atoms with E-state index in [2.05, 4.69) is 45.7 Å². The number of allylic oxidation sites excluding steroid dienone is 1. The topological polar surface area (TPSA) is 20.3 Å². The fourth-order valence-corrected chi connectivity index (χ4v) is 3.68. The number of ketones is 1. The second-order valence-corrected chi connectivity index (χ2v) is 6.28. The Morgan fingerprint density at radius 1 is 1.29 bits per heavy atom. The first kappa shape index (κ1) is 12.7. The number of nitrogens with zero attached hydrogens (tertiary/aromatic N) is 1. The van der Waals surface area contributed by atoms with Crippen molar-refractivity contribution in [1.29, 1.82) is 0 Å². The van der Waals surface area contributed by atoms with Crippen LogP contribution in [0.5, 0.6) is 0 Å². The molecule has 2 unspecified atom stereocenters. The Kier molecular flexibility index (Phi) is 2.87. The summed E-state index contributed by atoms with van der Waals surface area (Å²) >= 11 is 0. The van der Waals surface area contributed by atoms with Crippen molar-refractivity contribution in [1.82, 2.24) is 4.90 Å². The van der Waals surface area contributed by atoms with Crippen LogP contribution in [0.1, 0.15) is 47.5 Å². The van der Waals surface area contributed by atoms with Gasteiger partial charge in [0.15, 0.2) is 5.78 Å². The standard InChI is InChI=1S/C15H25NO/c1-6-16(7-2)10-11-12-8-9-15(5,13(11)17)14(12,3)4/h10,12H,6-9H2,1-5H3. The van der Waals surface area contributed by atoms with Gasteiger partial charge in [-0.1, -0.05) is 20.8 Å². The van der Waals surface area contributed by atoms with Crippen molar-refractivity contribution in [2.75, 3.05) is 13.1 Å². The van der Waals surface area contributed by atoms with Gasteiger partial charge in [0, 0.05) is 30.3 Å². The Bertz CT molecular complexity index is 365. The molecule has 0 aromatic carbocycles. The van der Waals surface area contributed by atoms with Crippen LogP contribution in [0.3, 0.4) is 0 Å². The van der Waals surface area contributed by atoms with Crippen molar-refractivity contribution in [3.8, 4) is 0 Å². The van der Waals surface area contributed by atoms with Crippen LogP contribution < -0.4 is 0 Å². The van der Waals surface area contributed by atoms with Crippen LogP contribution in [0, 0.1) is 16.7 Å². The molecule has 2 saturated carbocycles. The molecule has 0 aromatic rings. The molecule has 0 aromatic heterocycles. The predicted molar refractivity (Wildman–Crippen MR) is 70.6 cm³/mol. The molecule has 0 amide bonds. The molecule has 0 saturated heterocycles. The lowest BCUT2D eigenvalue weighted by Gasteiger charge is -2.31. The molecular weight excluding hydrogens is 210 g/mol. The summed E-state index contributed by atoms with van der Waals surface area (Å²) in [6, 6.07) is 0. The summed E-state index contributed by atoms with van der Waals surface area (Å²) in [5, 5.41) is 0. The fraction of sp³-hybridized carbons (Fsp3) is 0.800. The first-order chi connectivity index (χ1) is 7.88. The number of hydrogen-bond donors (Lipinski definition) is 0. The second-order valence-electron chi connectivity index (χ2n) is 6.28. The third-order valence-electron chi connectivity index (χ3n) is 5.50. The number of hydrogen-bond acceptors (Lipinski definition) is 2. The van der Waals surface area contributed by atoms with Gasteiger partial charge in [0.2, 0.25) is 0 Å². The molecular formula is C15H25NO. The zero-order valence-electron chi connectivity index (χ0n) is 11.8. The van der Waals surface area contributed by atoms with E-state index in [0.717, 1.165) is 25.1 Å². The van der Waals surface area contributed by atoms with Gasteiger partial charge in [-0.05, 0) is 38.0 Å². The van der Waals surface area contributed by atoms with Crippen LogP contribution in [-0.4, -0.2) is 23.8 Å². The van der Waals surface area contributed by atoms with Gasteiger partial charge in [0.25, 0.3) is 0 Å². The van der Waals surface area contributed by atoms with E-state index in [0.29, 0.717) is 11.7 Å². The van der Waals surface area contributed by atoms with Gasteiger partial charge in [0.1, 0.15) is 0 Å². The first-order valence-corrected chi connectivity index (χ1v) is 6.89. The maximum Gasteiger partial charge on any atom is 0.167 e. The van der Waals surface area contributed by atoms with Crippen LogP contribution in [0.4, 0.5) is 0 Å². The summed E-state index contributed by atoms with van der Waals surface area (Å²) in [7, 11) is 0. The van der Waals surface area contributed by atoms with E-state index >= 15 is 0 Å². The van der Waals surface area contributed by atoms with E-state index in [9.17, 15) is 4.79 Å². The molecule has 0 N–H and O–H groups in total. The Morgan fingerprint density at radius 3 is 2.29 bits per heavy atom. The maximum absolute atomic E-state index is 12.6. The molecule has 0 heterocycles. The van der Waals surface area contributed by atoms with Crippen molar-refractivity contribution >= 4 is 5.78 Å². The molecule has 0 spiro atoms. The molecule has 2 atom stereocenters. The fourth-order valence-electron chi connectivity index (χ4n) is 3.68. The Labute approximate surface area is 105 Å². The molecule has 0 radical (unpaired) electrons. The summed E-state index contributed by atoms with van der Waals surface area (Å²) in [4.78, 5) is 14.8. The van der Waals surface area contributed by atoms with E-state index < -0.39 is 0 Å². The van der Waals surface area contributed by atoms with Gasteiger partial charge in [-0.25, -0.2) is 0 Å².